The summed E-state index contributed by atoms with van der Waals surface area (Å²) in [7, 11) is 3.48. The molecule has 0 saturated carbocycles. The van der Waals surface area contributed by atoms with Crippen LogP contribution in [0.5, 0.6) is 0 Å². The van der Waals surface area contributed by atoms with E-state index < -0.39 is 5.91 Å². The standard InChI is InChI=1S/C18H20N8O3S/c1-25(7-11-9-29-18(23-11)16(21)28)22-6-12-13(8-27)26(2)17-15(12)30-14(24-17)5-10(20)3-4-19/h3-4,6,8-9,19H,5,7,20H2,1-2H3,(H2,21,28)/b10-3-,19-4?,22-6-. The Labute approximate surface area is 175 Å². The van der Waals surface area contributed by atoms with E-state index in [9.17, 15) is 9.59 Å². The molecule has 0 spiro atoms. The number of amides is 1. The number of aldehydes is 1. The van der Waals surface area contributed by atoms with E-state index in [1.807, 2.05) is 0 Å². The van der Waals surface area contributed by atoms with Crippen molar-refractivity contribution in [2.45, 2.75) is 13.0 Å². The summed E-state index contributed by atoms with van der Waals surface area (Å²) >= 11 is 1.42. The molecule has 0 unspecified atom stereocenters. The Morgan fingerprint density at radius 3 is 2.83 bits per heavy atom. The van der Waals surface area contributed by atoms with Crippen LogP contribution in [0, 0.1) is 5.41 Å². The largest absolute Gasteiger partial charge is 0.441 e. The highest BCUT2D eigenvalue weighted by atomic mass is 32.1. The summed E-state index contributed by atoms with van der Waals surface area (Å²) in [5, 5.41) is 13.8. The van der Waals surface area contributed by atoms with Crippen LogP contribution in [-0.4, -0.2) is 51.2 Å². The normalized spacial score (nSPS) is 12.0. The number of allylic oxidation sites excluding steroid dienone is 2. The van der Waals surface area contributed by atoms with Crippen molar-refractivity contribution in [2.24, 2.45) is 23.6 Å². The third-order valence-electron chi connectivity index (χ3n) is 4.15. The second kappa shape index (κ2) is 8.69. The average Bonchev–Trinajstić information content (AvgIpc) is 3.36. The SMILES string of the molecule is CN(Cc1coc(C(N)=O)n1)/N=C\c1c(C=O)n(C)c2nc(C/C(N)=C/C=N)sc12. The number of hydrogen-bond donors (Lipinski definition) is 3. The number of aryl methyl sites for hydroxylation is 1. The molecule has 3 aromatic rings. The predicted octanol–water partition coefficient (Wildman–Crippen LogP) is 1.03. The molecule has 12 heteroatoms. The number of oxazole rings is 1. The fraction of sp³-hybridized carbons (Fsp3) is 0.222. The Balaban J connectivity index is 1.86. The summed E-state index contributed by atoms with van der Waals surface area (Å²) in [5.74, 6) is -0.907. The summed E-state index contributed by atoms with van der Waals surface area (Å²) in [6.07, 6.45) is 6.73. The van der Waals surface area contributed by atoms with Gasteiger partial charge in [-0.25, -0.2) is 9.97 Å². The number of nitrogens with zero attached hydrogens (tertiary/aromatic N) is 5. The molecule has 3 aromatic heterocycles. The molecule has 3 rings (SSSR count). The maximum absolute atomic E-state index is 11.6. The van der Waals surface area contributed by atoms with Gasteiger partial charge >= 0.3 is 5.91 Å². The van der Waals surface area contributed by atoms with Gasteiger partial charge < -0.3 is 25.9 Å². The van der Waals surface area contributed by atoms with E-state index >= 15 is 0 Å². The first-order chi connectivity index (χ1) is 14.3. The number of hydrogen-bond acceptors (Lipinski definition) is 10. The predicted molar refractivity (Wildman–Crippen MR) is 113 cm³/mol. The molecule has 0 aliphatic heterocycles. The summed E-state index contributed by atoms with van der Waals surface area (Å²) < 4.78 is 7.51. The number of hydrazone groups is 1. The van der Waals surface area contributed by atoms with Gasteiger partial charge in [0, 0.05) is 38.0 Å². The quantitative estimate of drug-likeness (QED) is 0.260. The van der Waals surface area contributed by atoms with Crippen LogP contribution in [0.15, 0.2) is 27.6 Å². The number of carbonyl (C=O) groups excluding carboxylic acids is 2. The number of nitrogens with one attached hydrogen (secondary N) is 1. The van der Waals surface area contributed by atoms with E-state index in [0.29, 0.717) is 34.7 Å². The Hall–Kier alpha value is -3.80. The lowest BCUT2D eigenvalue weighted by molar-refractivity contribution is 0.0967. The Morgan fingerprint density at radius 1 is 1.43 bits per heavy atom. The minimum atomic E-state index is -0.744. The molecule has 0 aliphatic rings. The van der Waals surface area contributed by atoms with Crippen molar-refractivity contribution < 1.29 is 14.0 Å². The zero-order chi connectivity index (χ0) is 21.8. The molecule has 0 saturated heterocycles. The minimum absolute atomic E-state index is 0.163. The first-order valence-corrected chi connectivity index (χ1v) is 9.53. The van der Waals surface area contributed by atoms with E-state index in [1.54, 1.807) is 29.9 Å². The zero-order valence-corrected chi connectivity index (χ0v) is 17.1. The van der Waals surface area contributed by atoms with Crippen LogP contribution in [-0.2, 0) is 20.0 Å². The van der Waals surface area contributed by atoms with Gasteiger partial charge in [-0.2, -0.15) is 5.10 Å². The lowest BCUT2D eigenvalue weighted by Crippen LogP contribution is -2.13. The fourth-order valence-corrected chi connectivity index (χ4v) is 3.92. The molecule has 0 aromatic carbocycles. The molecule has 0 aliphatic carbocycles. The lowest BCUT2D eigenvalue weighted by atomic mass is 10.3. The van der Waals surface area contributed by atoms with Gasteiger partial charge in [-0.15, -0.1) is 11.3 Å². The van der Waals surface area contributed by atoms with E-state index in [0.717, 1.165) is 22.2 Å². The molecule has 0 atom stereocenters. The minimum Gasteiger partial charge on any atom is -0.441 e. The van der Waals surface area contributed by atoms with Crippen molar-refractivity contribution >= 4 is 46.3 Å². The molecule has 156 valence electrons. The molecule has 1 amide bonds. The molecule has 30 heavy (non-hydrogen) atoms. The number of carbonyl (C=O) groups is 2. The molecule has 5 N–H and O–H groups in total. The molecule has 0 radical (unpaired) electrons. The second-order valence-corrected chi connectivity index (χ2v) is 7.47. The van der Waals surface area contributed by atoms with Gasteiger partial charge in [0.2, 0.25) is 0 Å². The fourth-order valence-electron chi connectivity index (χ4n) is 2.78. The van der Waals surface area contributed by atoms with Gasteiger partial charge in [-0.05, 0) is 6.08 Å². The molecule has 11 nitrogen and oxygen atoms in total. The number of fused-ring (bicyclic) bond motifs is 1. The Bertz CT molecular complexity index is 1170. The van der Waals surface area contributed by atoms with Gasteiger partial charge in [0.25, 0.3) is 5.89 Å². The highest BCUT2D eigenvalue weighted by Crippen LogP contribution is 2.30. The highest BCUT2D eigenvalue weighted by Gasteiger charge is 2.18. The lowest BCUT2D eigenvalue weighted by Gasteiger charge is -2.09. The topological polar surface area (TPSA) is 169 Å². The van der Waals surface area contributed by atoms with Crippen LogP contribution in [0.3, 0.4) is 0 Å². The van der Waals surface area contributed by atoms with Gasteiger partial charge in [-0.3, -0.25) is 14.6 Å². The van der Waals surface area contributed by atoms with E-state index in [-0.39, 0.29) is 12.4 Å². The smallest absolute Gasteiger partial charge is 0.304 e. The average molecular weight is 428 g/mol. The Morgan fingerprint density at radius 2 is 2.20 bits per heavy atom. The first kappa shape index (κ1) is 20.9. The van der Waals surface area contributed by atoms with Crippen LogP contribution in [0.1, 0.15) is 37.4 Å². The molecule has 3 heterocycles. The summed E-state index contributed by atoms with van der Waals surface area (Å²) in [5.41, 5.74) is 13.8. The van der Waals surface area contributed by atoms with Crippen molar-refractivity contribution in [3.05, 3.63) is 45.9 Å². The van der Waals surface area contributed by atoms with Gasteiger partial charge in [0.15, 0.2) is 11.9 Å². The van der Waals surface area contributed by atoms with Crippen molar-refractivity contribution in [3.8, 4) is 0 Å². The first-order valence-electron chi connectivity index (χ1n) is 8.71. The maximum atomic E-state index is 11.6. The van der Waals surface area contributed by atoms with Crippen molar-refractivity contribution in [3.63, 3.8) is 0 Å². The highest BCUT2D eigenvalue weighted by molar-refractivity contribution is 7.19. The van der Waals surface area contributed by atoms with E-state index in [1.165, 1.54) is 23.7 Å². The van der Waals surface area contributed by atoms with Crippen LogP contribution in [0.25, 0.3) is 10.3 Å². The van der Waals surface area contributed by atoms with Crippen molar-refractivity contribution in [1.82, 2.24) is 19.5 Å². The summed E-state index contributed by atoms with van der Waals surface area (Å²) in [4.78, 5) is 31.2. The van der Waals surface area contributed by atoms with E-state index in [2.05, 4.69) is 15.1 Å². The van der Waals surface area contributed by atoms with Gasteiger partial charge in [-0.1, -0.05) is 0 Å². The molecular weight excluding hydrogens is 408 g/mol. The van der Waals surface area contributed by atoms with Crippen molar-refractivity contribution in [1.29, 1.82) is 5.41 Å². The number of thiazole rings is 1. The third kappa shape index (κ3) is 4.27. The van der Waals surface area contributed by atoms with Crippen LogP contribution in [0.2, 0.25) is 0 Å². The van der Waals surface area contributed by atoms with E-state index in [4.69, 9.17) is 21.3 Å². The zero-order valence-electron chi connectivity index (χ0n) is 16.3. The monoisotopic (exact) mass is 428 g/mol. The number of rotatable bonds is 9. The molecular formula is C18H20N8O3S. The van der Waals surface area contributed by atoms with Crippen LogP contribution >= 0.6 is 11.3 Å². The van der Waals surface area contributed by atoms with Crippen LogP contribution in [0.4, 0.5) is 0 Å². The molecule has 0 fully saturated rings. The summed E-state index contributed by atoms with van der Waals surface area (Å²) in [6.45, 7) is 0.276. The Kier molecular flexibility index (Phi) is 6.06. The molecule has 0 bridgehead atoms. The maximum Gasteiger partial charge on any atom is 0.304 e. The number of nitrogens with two attached hydrogens (primary N) is 2. The van der Waals surface area contributed by atoms with Gasteiger partial charge in [0.1, 0.15) is 17.0 Å². The van der Waals surface area contributed by atoms with Gasteiger partial charge in [0.05, 0.1) is 23.2 Å². The number of aromatic nitrogens is 3. The van der Waals surface area contributed by atoms with Crippen molar-refractivity contribution in [2.75, 3.05) is 7.05 Å². The second-order valence-electron chi connectivity index (χ2n) is 6.39. The number of primary amides is 1. The third-order valence-corrected chi connectivity index (χ3v) is 5.23. The summed E-state index contributed by atoms with van der Waals surface area (Å²) in [6, 6.07) is 0. The van der Waals surface area contributed by atoms with Crippen LogP contribution < -0.4 is 11.5 Å².